The standard InChI is InChI=1S/C25H18F3NO3/c1-31-21-7-3-6-19(15-21)23-22(29-24(30)32-23)18-5-2-4-17(14-18)9-8-16-10-12-20(13-11-16)25(26,27)28/h2-7,10-15,22-23H,1H3,(H,29,30). The lowest BCUT2D eigenvalue weighted by Gasteiger charge is -2.18. The maximum absolute atomic E-state index is 12.7. The lowest BCUT2D eigenvalue weighted by atomic mass is 9.95. The van der Waals surface area contributed by atoms with Crippen LogP contribution in [-0.4, -0.2) is 13.2 Å². The molecule has 1 amide bonds. The van der Waals surface area contributed by atoms with Crippen molar-refractivity contribution in [1.82, 2.24) is 5.32 Å². The van der Waals surface area contributed by atoms with Gasteiger partial charge in [-0.1, -0.05) is 36.1 Å². The van der Waals surface area contributed by atoms with E-state index in [2.05, 4.69) is 17.2 Å². The van der Waals surface area contributed by atoms with Crippen LogP contribution in [0.25, 0.3) is 0 Å². The topological polar surface area (TPSA) is 47.6 Å². The van der Waals surface area contributed by atoms with Gasteiger partial charge < -0.3 is 14.8 Å². The Hall–Kier alpha value is -3.92. The zero-order valence-electron chi connectivity index (χ0n) is 16.9. The zero-order chi connectivity index (χ0) is 22.7. The summed E-state index contributed by atoms with van der Waals surface area (Å²) in [6.07, 6.45) is -5.45. The maximum atomic E-state index is 12.7. The molecule has 0 aromatic heterocycles. The van der Waals surface area contributed by atoms with Crippen molar-refractivity contribution in [1.29, 1.82) is 0 Å². The van der Waals surface area contributed by atoms with E-state index in [4.69, 9.17) is 9.47 Å². The molecule has 1 heterocycles. The second kappa shape index (κ2) is 8.67. The summed E-state index contributed by atoms with van der Waals surface area (Å²) in [5.41, 5.74) is 1.99. The third-order valence-corrected chi connectivity index (χ3v) is 5.04. The minimum atomic E-state index is -4.38. The summed E-state index contributed by atoms with van der Waals surface area (Å²) in [7, 11) is 1.56. The highest BCUT2D eigenvalue weighted by molar-refractivity contribution is 5.71. The van der Waals surface area contributed by atoms with Crippen LogP contribution in [0.5, 0.6) is 5.75 Å². The van der Waals surface area contributed by atoms with Gasteiger partial charge >= 0.3 is 12.3 Å². The number of ether oxygens (including phenoxy) is 2. The Morgan fingerprint density at radius 3 is 2.31 bits per heavy atom. The number of carbonyl (C=O) groups excluding carboxylic acids is 1. The fourth-order valence-electron chi connectivity index (χ4n) is 3.45. The number of benzene rings is 3. The molecule has 4 rings (SSSR count). The van der Waals surface area contributed by atoms with Crippen molar-refractivity contribution in [3.63, 3.8) is 0 Å². The van der Waals surface area contributed by atoms with Crippen molar-refractivity contribution in [3.05, 3.63) is 101 Å². The predicted octanol–water partition coefficient (Wildman–Crippen LogP) is 5.64. The van der Waals surface area contributed by atoms with Crippen molar-refractivity contribution < 1.29 is 27.4 Å². The average Bonchev–Trinajstić information content (AvgIpc) is 3.19. The number of hydrogen-bond donors (Lipinski definition) is 1. The summed E-state index contributed by atoms with van der Waals surface area (Å²) < 4.78 is 48.9. The van der Waals surface area contributed by atoms with E-state index in [1.165, 1.54) is 12.1 Å². The van der Waals surface area contributed by atoms with Crippen LogP contribution in [-0.2, 0) is 10.9 Å². The molecule has 2 atom stereocenters. The molecule has 0 saturated carbocycles. The van der Waals surface area contributed by atoms with Crippen molar-refractivity contribution in [2.24, 2.45) is 0 Å². The predicted molar refractivity (Wildman–Crippen MR) is 112 cm³/mol. The molecule has 3 aromatic rings. The molecule has 4 nitrogen and oxygen atoms in total. The summed E-state index contributed by atoms with van der Waals surface area (Å²) in [6.45, 7) is 0. The Morgan fingerprint density at radius 1 is 0.906 bits per heavy atom. The van der Waals surface area contributed by atoms with E-state index in [1.54, 1.807) is 25.3 Å². The molecule has 0 bridgehead atoms. The third kappa shape index (κ3) is 4.70. The van der Waals surface area contributed by atoms with Gasteiger partial charge in [-0.2, -0.15) is 13.2 Å². The molecule has 1 aliphatic heterocycles. The van der Waals surface area contributed by atoms with Gasteiger partial charge in [0.25, 0.3) is 0 Å². The van der Waals surface area contributed by atoms with Gasteiger partial charge in [0, 0.05) is 11.1 Å². The molecule has 32 heavy (non-hydrogen) atoms. The lowest BCUT2D eigenvalue weighted by molar-refractivity contribution is -0.137. The molecule has 162 valence electrons. The number of hydrogen-bond acceptors (Lipinski definition) is 3. The highest BCUT2D eigenvalue weighted by atomic mass is 19.4. The van der Waals surface area contributed by atoms with Crippen LogP contribution >= 0.6 is 0 Å². The van der Waals surface area contributed by atoms with Crippen LogP contribution in [0.4, 0.5) is 18.0 Å². The SMILES string of the molecule is COc1cccc(C2OC(=O)NC2c2cccc(C#Cc3ccc(C(F)(F)F)cc3)c2)c1. The molecule has 1 N–H and O–H groups in total. The largest absolute Gasteiger partial charge is 0.497 e. The van der Waals surface area contributed by atoms with Crippen LogP contribution < -0.4 is 10.1 Å². The van der Waals surface area contributed by atoms with E-state index in [0.717, 1.165) is 23.3 Å². The van der Waals surface area contributed by atoms with Crippen LogP contribution in [0.2, 0.25) is 0 Å². The first-order chi connectivity index (χ1) is 15.3. The monoisotopic (exact) mass is 437 g/mol. The van der Waals surface area contributed by atoms with Crippen molar-refractivity contribution in [3.8, 4) is 17.6 Å². The highest BCUT2D eigenvalue weighted by Crippen LogP contribution is 2.38. The van der Waals surface area contributed by atoms with Gasteiger partial charge in [0.1, 0.15) is 5.75 Å². The molecule has 1 saturated heterocycles. The highest BCUT2D eigenvalue weighted by Gasteiger charge is 2.36. The fourth-order valence-corrected chi connectivity index (χ4v) is 3.45. The van der Waals surface area contributed by atoms with Gasteiger partial charge in [0.05, 0.1) is 18.7 Å². The minimum absolute atomic E-state index is 0.428. The number of amides is 1. The Balaban J connectivity index is 1.58. The molecule has 0 aliphatic carbocycles. The Labute approximate surface area is 183 Å². The van der Waals surface area contributed by atoms with E-state index in [-0.39, 0.29) is 0 Å². The molecule has 3 aromatic carbocycles. The van der Waals surface area contributed by atoms with Gasteiger partial charge in [-0.15, -0.1) is 0 Å². The first kappa shape index (κ1) is 21.3. The van der Waals surface area contributed by atoms with Gasteiger partial charge in [0.2, 0.25) is 0 Å². The fraction of sp³-hybridized carbons (Fsp3) is 0.160. The van der Waals surface area contributed by atoms with E-state index >= 15 is 0 Å². The van der Waals surface area contributed by atoms with Gasteiger partial charge in [0.15, 0.2) is 6.10 Å². The van der Waals surface area contributed by atoms with E-state index in [1.807, 2.05) is 30.3 Å². The summed E-state index contributed by atoms with van der Waals surface area (Å²) in [5.74, 6) is 6.49. The summed E-state index contributed by atoms with van der Waals surface area (Å²) in [4.78, 5) is 12.0. The van der Waals surface area contributed by atoms with Crippen molar-refractivity contribution >= 4 is 6.09 Å². The van der Waals surface area contributed by atoms with Crippen molar-refractivity contribution in [2.75, 3.05) is 7.11 Å². The molecule has 0 spiro atoms. The first-order valence-corrected chi connectivity index (χ1v) is 9.74. The third-order valence-electron chi connectivity index (χ3n) is 5.04. The second-order valence-electron chi connectivity index (χ2n) is 7.18. The van der Waals surface area contributed by atoms with Crippen molar-refractivity contribution in [2.45, 2.75) is 18.3 Å². The molecular formula is C25H18F3NO3. The number of alkyl carbamates (subject to hydrolysis) is 1. The Bertz CT molecular complexity index is 1190. The number of halogens is 3. The summed E-state index contributed by atoms with van der Waals surface area (Å²) in [6, 6.07) is 18.8. The van der Waals surface area contributed by atoms with Crippen LogP contribution in [0.1, 0.15) is 40.0 Å². The van der Waals surface area contributed by atoms with Crippen LogP contribution in [0.15, 0.2) is 72.8 Å². The molecular weight excluding hydrogens is 419 g/mol. The first-order valence-electron chi connectivity index (χ1n) is 9.74. The quantitative estimate of drug-likeness (QED) is 0.540. The number of alkyl halides is 3. The number of nitrogens with one attached hydrogen (secondary N) is 1. The Morgan fingerprint density at radius 2 is 1.59 bits per heavy atom. The van der Waals surface area contributed by atoms with Gasteiger partial charge in [-0.3, -0.25) is 0 Å². The number of rotatable bonds is 3. The normalized spacial score (nSPS) is 17.7. The minimum Gasteiger partial charge on any atom is -0.497 e. The van der Waals surface area contributed by atoms with Gasteiger partial charge in [-0.25, -0.2) is 4.79 Å². The molecule has 1 fully saturated rings. The zero-order valence-corrected chi connectivity index (χ0v) is 16.9. The number of carbonyl (C=O) groups is 1. The Kier molecular flexibility index (Phi) is 5.78. The summed E-state index contributed by atoms with van der Waals surface area (Å²) in [5, 5.41) is 2.82. The number of cyclic esters (lactones) is 1. The van der Waals surface area contributed by atoms with Crippen LogP contribution in [0.3, 0.4) is 0 Å². The second-order valence-corrected chi connectivity index (χ2v) is 7.18. The lowest BCUT2D eigenvalue weighted by Crippen LogP contribution is -2.19. The molecule has 2 unspecified atom stereocenters. The van der Waals surface area contributed by atoms with Gasteiger partial charge in [-0.05, 0) is 59.7 Å². The molecule has 7 heteroatoms. The van der Waals surface area contributed by atoms with Crippen LogP contribution in [0, 0.1) is 11.8 Å². The smallest absolute Gasteiger partial charge is 0.416 e. The maximum Gasteiger partial charge on any atom is 0.416 e. The molecule has 1 aliphatic rings. The van der Waals surface area contributed by atoms with E-state index in [0.29, 0.717) is 16.9 Å². The van der Waals surface area contributed by atoms with E-state index in [9.17, 15) is 18.0 Å². The summed E-state index contributed by atoms with van der Waals surface area (Å²) >= 11 is 0. The van der Waals surface area contributed by atoms with E-state index < -0.39 is 30.0 Å². The number of methoxy groups -OCH3 is 1. The molecule has 0 radical (unpaired) electrons. The average molecular weight is 437 g/mol.